The number of amides is 2. The second-order valence-electron chi connectivity index (χ2n) is 12.5. The van der Waals surface area contributed by atoms with Crippen molar-refractivity contribution < 1.29 is 29.3 Å². The molecular formula is C32H37N11O8. The number of anilines is 2. The van der Waals surface area contributed by atoms with Gasteiger partial charge in [-0.15, -0.1) is 0 Å². The van der Waals surface area contributed by atoms with Gasteiger partial charge in [0.15, 0.2) is 35.0 Å². The van der Waals surface area contributed by atoms with E-state index in [0.717, 1.165) is 11.1 Å². The Morgan fingerprint density at radius 1 is 1.06 bits per heavy atom. The van der Waals surface area contributed by atoms with E-state index in [1.165, 1.54) is 27.1 Å². The van der Waals surface area contributed by atoms with Gasteiger partial charge in [0.05, 0.1) is 19.0 Å². The van der Waals surface area contributed by atoms with E-state index in [9.17, 15) is 29.4 Å². The van der Waals surface area contributed by atoms with Crippen molar-refractivity contribution in [1.82, 2.24) is 43.5 Å². The van der Waals surface area contributed by atoms with Crippen LogP contribution in [0.3, 0.4) is 0 Å². The van der Waals surface area contributed by atoms with Gasteiger partial charge in [0.1, 0.15) is 29.3 Å². The number of nitrogens with one attached hydrogen (secondary N) is 2. The summed E-state index contributed by atoms with van der Waals surface area (Å²) in [6, 6.07) is 3.46. The van der Waals surface area contributed by atoms with Crippen molar-refractivity contribution in [2.24, 2.45) is 14.1 Å². The van der Waals surface area contributed by atoms with Gasteiger partial charge in [-0.05, 0) is 43.9 Å². The van der Waals surface area contributed by atoms with Gasteiger partial charge >= 0.3 is 5.69 Å². The molecule has 2 aliphatic rings. The minimum Gasteiger partial charge on any atom is -0.496 e. The first-order chi connectivity index (χ1) is 24.4. The van der Waals surface area contributed by atoms with Gasteiger partial charge in [-0.3, -0.25) is 33.4 Å². The molecule has 4 aromatic heterocycles. The average molecular weight is 704 g/mol. The number of ether oxygens (including phenoxy) is 2. The molecule has 2 unspecified atom stereocenters. The van der Waals surface area contributed by atoms with Crippen molar-refractivity contribution in [3.8, 4) is 5.75 Å². The zero-order valence-electron chi connectivity index (χ0n) is 28.4. The number of rotatable bonds is 8. The summed E-state index contributed by atoms with van der Waals surface area (Å²) in [4.78, 5) is 69.6. The third-order valence-electron chi connectivity index (χ3n) is 9.59. The van der Waals surface area contributed by atoms with Crippen molar-refractivity contribution in [1.29, 1.82) is 0 Å². The van der Waals surface area contributed by atoms with Gasteiger partial charge < -0.3 is 35.3 Å². The zero-order chi connectivity index (χ0) is 36.5. The number of hydrogen-bond donors (Lipinski definition) is 5. The van der Waals surface area contributed by atoms with Crippen molar-refractivity contribution in [3.63, 3.8) is 0 Å². The van der Waals surface area contributed by atoms with E-state index in [4.69, 9.17) is 20.2 Å². The number of carbonyl (C=O) groups excluding carboxylic acids is 2. The Kier molecular flexibility index (Phi) is 8.35. The fourth-order valence-electron chi connectivity index (χ4n) is 7.10. The van der Waals surface area contributed by atoms with Crippen molar-refractivity contribution in [2.45, 2.75) is 63.7 Å². The number of aliphatic hydroxyl groups excluding tert-OH is 2. The van der Waals surface area contributed by atoms with Crippen molar-refractivity contribution >= 4 is 45.9 Å². The number of fused-ring (bicyclic) bond motifs is 3. The SMILES string of the molecule is CCNC(=O)C1O[C@@H](n2cnc3c(N)nc(NC(=O)c4ccc5c(c4OC)CC(c4nc6c(c(=O)n(CC)c(=O)n6C)n4C)C5)nc32)[C@H](O)[C@@H]1O. The van der Waals surface area contributed by atoms with E-state index in [1.807, 2.05) is 6.07 Å². The van der Waals surface area contributed by atoms with Crippen LogP contribution >= 0.6 is 0 Å². The Bertz CT molecular complexity index is 2360. The predicted octanol–water partition coefficient (Wildman–Crippen LogP) is -0.926. The van der Waals surface area contributed by atoms with Crippen LogP contribution in [0, 0.1) is 0 Å². The van der Waals surface area contributed by atoms with Gasteiger partial charge in [0, 0.05) is 33.1 Å². The first-order valence-electron chi connectivity index (χ1n) is 16.4. The summed E-state index contributed by atoms with van der Waals surface area (Å²) in [7, 11) is 4.81. The van der Waals surface area contributed by atoms with E-state index in [0.29, 0.717) is 42.1 Å². The number of benzene rings is 1. The highest BCUT2D eigenvalue weighted by Crippen LogP contribution is 2.41. The minimum atomic E-state index is -1.52. The molecule has 5 heterocycles. The summed E-state index contributed by atoms with van der Waals surface area (Å²) in [5, 5.41) is 26.5. The number of nitrogens with zero attached hydrogens (tertiary/aromatic N) is 8. The monoisotopic (exact) mass is 703 g/mol. The lowest BCUT2D eigenvalue weighted by atomic mass is 10.0. The van der Waals surface area contributed by atoms with E-state index in [1.54, 1.807) is 38.6 Å². The standard InChI is InChI=1S/C32H37N11O8/c1-6-34-28(47)22-19(44)20(45)30(51-22)43-12-35-17-23(33)36-31(38-25(17)43)39-27(46)15-9-8-13-10-14(11-16(13)21(15)50-5)24-37-26-18(40(24)3)29(48)42(7-2)32(49)41(26)4/h8-9,12,14,19-20,22,30,44-45H,6-7,10-11H2,1-5H3,(H,34,47)(H3,33,36,38,39,46)/t14?,19-,20+,22?,30+/m0/s1. The molecule has 19 heteroatoms. The molecule has 51 heavy (non-hydrogen) atoms. The Hall–Kier alpha value is -5.66. The number of nitrogen functional groups attached to an aromatic ring is 1. The normalized spacial score (nSPS) is 21.4. The van der Waals surface area contributed by atoms with E-state index >= 15 is 0 Å². The molecule has 0 bridgehead atoms. The minimum absolute atomic E-state index is 0.0724. The molecule has 1 saturated heterocycles. The lowest BCUT2D eigenvalue weighted by Crippen LogP contribution is -2.42. The third-order valence-corrected chi connectivity index (χ3v) is 9.59. The summed E-state index contributed by atoms with van der Waals surface area (Å²) in [6.45, 7) is 3.98. The molecule has 1 fully saturated rings. The smallest absolute Gasteiger partial charge is 0.332 e. The number of nitrogens with two attached hydrogens (primary N) is 1. The fraction of sp³-hybridized carbons (Fsp3) is 0.438. The molecule has 19 nitrogen and oxygen atoms in total. The van der Waals surface area contributed by atoms with E-state index in [2.05, 4.69) is 25.6 Å². The number of aryl methyl sites for hydroxylation is 2. The van der Waals surface area contributed by atoms with Crippen LogP contribution < -0.4 is 32.4 Å². The summed E-state index contributed by atoms with van der Waals surface area (Å²) >= 11 is 0. The summed E-state index contributed by atoms with van der Waals surface area (Å²) in [5.41, 5.74) is 8.15. The zero-order valence-corrected chi connectivity index (χ0v) is 28.4. The van der Waals surface area contributed by atoms with Crippen LogP contribution in [0.25, 0.3) is 22.3 Å². The molecule has 0 spiro atoms. The van der Waals surface area contributed by atoms with Crippen LogP contribution in [-0.4, -0.2) is 92.2 Å². The lowest BCUT2D eigenvalue weighted by Gasteiger charge is -2.17. The maximum atomic E-state index is 13.7. The van der Waals surface area contributed by atoms with Crippen LogP contribution in [-0.2, 0) is 43.0 Å². The molecule has 1 aromatic carbocycles. The Morgan fingerprint density at radius 2 is 1.82 bits per heavy atom. The summed E-state index contributed by atoms with van der Waals surface area (Å²) < 4.78 is 17.1. The number of carbonyl (C=O) groups is 2. The molecule has 7 rings (SSSR count). The van der Waals surface area contributed by atoms with Crippen LogP contribution in [0.2, 0.25) is 0 Å². The maximum absolute atomic E-state index is 13.7. The largest absolute Gasteiger partial charge is 0.496 e. The van der Waals surface area contributed by atoms with Gasteiger partial charge in [-0.1, -0.05) is 6.07 Å². The molecule has 1 aliphatic carbocycles. The first kappa shape index (κ1) is 33.8. The molecular weight excluding hydrogens is 666 g/mol. The van der Waals surface area contributed by atoms with Crippen LogP contribution in [0.1, 0.15) is 53.3 Å². The lowest BCUT2D eigenvalue weighted by molar-refractivity contribution is -0.137. The van der Waals surface area contributed by atoms with Crippen molar-refractivity contribution in [2.75, 3.05) is 24.7 Å². The van der Waals surface area contributed by atoms with Crippen LogP contribution in [0.5, 0.6) is 5.75 Å². The average Bonchev–Trinajstić information content (AvgIpc) is 3.87. The maximum Gasteiger partial charge on any atom is 0.332 e. The molecule has 2 amide bonds. The topological polar surface area (TPSA) is 249 Å². The number of hydrogen-bond acceptors (Lipinski definition) is 13. The third kappa shape index (κ3) is 5.23. The van der Waals surface area contributed by atoms with Crippen LogP contribution in [0.4, 0.5) is 11.8 Å². The second kappa shape index (κ2) is 12.6. The van der Waals surface area contributed by atoms with Gasteiger partial charge in [-0.25, -0.2) is 14.8 Å². The first-order valence-corrected chi connectivity index (χ1v) is 16.4. The predicted molar refractivity (Wildman–Crippen MR) is 181 cm³/mol. The molecule has 5 aromatic rings. The van der Waals surface area contributed by atoms with E-state index < -0.39 is 47.6 Å². The molecule has 0 radical (unpaired) electrons. The molecule has 268 valence electrons. The van der Waals surface area contributed by atoms with Gasteiger partial charge in [-0.2, -0.15) is 9.97 Å². The highest BCUT2D eigenvalue weighted by Gasteiger charge is 2.47. The fourth-order valence-corrected chi connectivity index (χ4v) is 7.10. The van der Waals surface area contributed by atoms with E-state index in [-0.39, 0.29) is 41.0 Å². The molecule has 1 aliphatic heterocycles. The van der Waals surface area contributed by atoms with Gasteiger partial charge in [0.2, 0.25) is 5.95 Å². The number of imidazole rings is 2. The summed E-state index contributed by atoms with van der Waals surface area (Å²) in [6.07, 6.45) is -3.31. The number of aromatic nitrogens is 8. The Labute approximate surface area is 288 Å². The van der Waals surface area contributed by atoms with Crippen LogP contribution in [0.15, 0.2) is 28.0 Å². The Balaban J connectivity index is 1.17. The number of likely N-dealkylation sites (N-methyl/N-ethyl adjacent to an activating group) is 1. The Morgan fingerprint density at radius 3 is 2.53 bits per heavy atom. The molecule has 6 N–H and O–H groups in total. The highest BCUT2D eigenvalue weighted by atomic mass is 16.6. The number of methoxy groups -OCH3 is 1. The second-order valence-corrected chi connectivity index (χ2v) is 12.5. The highest BCUT2D eigenvalue weighted by molar-refractivity contribution is 6.06. The molecule has 0 saturated carbocycles. The molecule has 5 atom stereocenters. The number of aliphatic hydroxyl groups is 2. The van der Waals surface area contributed by atoms with Gasteiger partial charge in [0.25, 0.3) is 17.4 Å². The van der Waals surface area contributed by atoms with Crippen molar-refractivity contribution in [3.05, 3.63) is 61.8 Å². The summed E-state index contributed by atoms with van der Waals surface area (Å²) in [5.74, 6) is -0.623. The quantitative estimate of drug-likeness (QED) is 0.131.